The van der Waals surface area contributed by atoms with Crippen LogP contribution in [0.25, 0.3) is 0 Å². The minimum absolute atomic E-state index is 0.181. The van der Waals surface area contributed by atoms with E-state index < -0.39 is 0 Å². The smallest absolute Gasteiger partial charge is 0.166 e. The second-order valence-electron chi connectivity index (χ2n) is 3.40. The Labute approximate surface area is 90.8 Å². The van der Waals surface area contributed by atoms with Crippen LogP contribution in [0.4, 0.5) is 0 Å². The first-order chi connectivity index (χ1) is 7.22. The highest BCUT2D eigenvalue weighted by Crippen LogP contribution is 2.07. The van der Waals surface area contributed by atoms with Gasteiger partial charge in [-0.05, 0) is 25.8 Å². The lowest BCUT2D eigenvalue weighted by atomic mass is 10.1. The monoisotopic (exact) mass is 206 g/mol. The van der Waals surface area contributed by atoms with Gasteiger partial charge in [-0.1, -0.05) is 13.0 Å². The molecule has 3 nitrogen and oxygen atoms in total. The fraction of sp³-hybridized carbons (Fsp3) is 0.500. The van der Waals surface area contributed by atoms with Crippen LogP contribution in [-0.2, 0) is 17.8 Å². The van der Waals surface area contributed by atoms with E-state index in [4.69, 9.17) is 0 Å². The molecule has 0 aliphatic carbocycles. The molecule has 0 N–H and O–H groups in total. The molecule has 15 heavy (non-hydrogen) atoms. The average molecular weight is 206 g/mol. The Kier molecular flexibility index (Phi) is 4.28. The maximum atomic E-state index is 11.8. The van der Waals surface area contributed by atoms with Gasteiger partial charge < -0.3 is 4.57 Å². The van der Waals surface area contributed by atoms with Gasteiger partial charge in [0, 0.05) is 18.9 Å². The molecule has 0 unspecified atom stereocenters. The Hall–Kier alpha value is -1.38. The molecular formula is C12H18N2O. The zero-order chi connectivity index (χ0) is 11.3. The summed E-state index contributed by atoms with van der Waals surface area (Å²) in [5.41, 5.74) is 0.889. The average Bonchev–Trinajstić information content (AvgIpc) is 2.67. The van der Waals surface area contributed by atoms with E-state index in [9.17, 15) is 4.79 Å². The Morgan fingerprint density at radius 1 is 1.53 bits per heavy atom. The van der Waals surface area contributed by atoms with E-state index in [2.05, 4.69) is 4.98 Å². The molecule has 1 heterocycles. The minimum Gasteiger partial charge on any atom is -0.335 e. The topological polar surface area (TPSA) is 34.9 Å². The van der Waals surface area contributed by atoms with Crippen LogP contribution < -0.4 is 0 Å². The number of imidazole rings is 1. The van der Waals surface area contributed by atoms with Gasteiger partial charge in [-0.2, -0.15) is 0 Å². The number of carbonyl (C=O) groups excluding carboxylic acids is 1. The van der Waals surface area contributed by atoms with Crippen molar-refractivity contribution in [1.29, 1.82) is 0 Å². The molecule has 0 aliphatic rings. The Balaban J connectivity index is 2.74. The summed E-state index contributed by atoms with van der Waals surface area (Å²) in [4.78, 5) is 16.0. The zero-order valence-corrected chi connectivity index (χ0v) is 9.66. The molecule has 82 valence electrons. The van der Waals surface area contributed by atoms with Gasteiger partial charge >= 0.3 is 0 Å². The second kappa shape index (κ2) is 5.49. The lowest BCUT2D eigenvalue weighted by Crippen LogP contribution is -2.11. The molecule has 0 atom stereocenters. The van der Waals surface area contributed by atoms with E-state index >= 15 is 0 Å². The van der Waals surface area contributed by atoms with Crippen molar-refractivity contribution in [2.75, 3.05) is 0 Å². The third-order valence-corrected chi connectivity index (χ3v) is 2.55. The van der Waals surface area contributed by atoms with E-state index in [1.807, 2.05) is 37.6 Å². The van der Waals surface area contributed by atoms with E-state index in [-0.39, 0.29) is 5.78 Å². The number of hydrogen-bond acceptors (Lipinski definition) is 2. The molecule has 0 saturated carbocycles. The normalized spacial score (nSPS) is 11.8. The van der Waals surface area contributed by atoms with Gasteiger partial charge in [-0.3, -0.25) is 4.79 Å². The first-order valence-electron chi connectivity index (χ1n) is 5.41. The molecule has 0 fully saturated rings. The van der Waals surface area contributed by atoms with E-state index in [1.54, 1.807) is 6.20 Å². The molecule has 0 bridgehead atoms. The predicted molar refractivity (Wildman–Crippen MR) is 60.7 cm³/mol. The third-order valence-electron chi connectivity index (χ3n) is 2.55. The number of Topliss-reactive ketones (excluding diaryl/α,β-unsaturated/α-hetero) is 1. The highest BCUT2D eigenvalue weighted by atomic mass is 16.1. The van der Waals surface area contributed by atoms with Crippen LogP contribution in [0.3, 0.4) is 0 Å². The molecule has 0 spiro atoms. The molecule has 0 radical (unpaired) electrons. The van der Waals surface area contributed by atoms with Crippen molar-refractivity contribution in [2.24, 2.45) is 0 Å². The first kappa shape index (κ1) is 11.7. The van der Waals surface area contributed by atoms with Crippen LogP contribution in [0.2, 0.25) is 0 Å². The lowest BCUT2D eigenvalue weighted by Gasteiger charge is -2.05. The summed E-state index contributed by atoms with van der Waals surface area (Å²) in [7, 11) is 0. The molecule has 1 rings (SSSR count). The number of aryl methyl sites for hydroxylation is 1. The Morgan fingerprint density at radius 2 is 2.27 bits per heavy atom. The Morgan fingerprint density at radius 3 is 2.80 bits per heavy atom. The number of rotatable bonds is 5. The van der Waals surface area contributed by atoms with Gasteiger partial charge in [0.05, 0.1) is 6.42 Å². The molecule has 0 aliphatic heterocycles. The fourth-order valence-corrected chi connectivity index (χ4v) is 1.61. The molecule has 0 saturated heterocycles. The first-order valence-corrected chi connectivity index (χ1v) is 5.41. The lowest BCUT2D eigenvalue weighted by molar-refractivity contribution is -0.115. The number of allylic oxidation sites excluding steroid dienone is 2. The summed E-state index contributed by atoms with van der Waals surface area (Å²) in [6.07, 6.45) is 6.75. The quantitative estimate of drug-likeness (QED) is 0.693. The zero-order valence-electron chi connectivity index (χ0n) is 9.66. The van der Waals surface area contributed by atoms with Crippen LogP contribution in [0.1, 0.15) is 33.0 Å². The summed E-state index contributed by atoms with van der Waals surface area (Å²) in [5, 5.41) is 0. The van der Waals surface area contributed by atoms with Crippen molar-refractivity contribution >= 4 is 5.78 Å². The maximum absolute atomic E-state index is 11.8. The standard InChI is InChI=1S/C12H18N2O/c1-4-10(5-2)11(15)9-12-13-7-8-14(12)6-3/h4,7-8H,5-6,9H2,1-3H3/b10-4-. The van der Waals surface area contributed by atoms with Crippen molar-refractivity contribution in [1.82, 2.24) is 9.55 Å². The highest BCUT2D eigenvalue weighted by molar-refractivity contribution is 5.96. The van der Waals surface area contributed by atoms with Crippen molar-refractivity contribution < 1.29 is 4.79 Å². The number of aromatic nitrogens is 2. The fourth-order valence-electron chi connectivity index (χ4n) is 1.61. The molecular weight excluding hydrogens is 188 g/mol. The molecule has 1 aromatic rings. The van der Waals surface area contributed by atoms with Crippen LogP contribution in [-0.4, -0.2) is 15.3 Å². The van der Waals surface area contributed by atoms with Crippen molar-refractivity contribution in [2.45, 2.75) is 40.2 Å². The second-order valence-corrected chi connectivity index (χ2v) is 3.40. The van der Waals surface area contributed by atoms with E-state index in [0.717, 1.165) is 24.4 Å². The summed E-state index contributed by atoms with van der Waals surface area (Å²) >= 11 is 0. The van der Waals surface area contributed by atoms with Crippen molar-refractivity contribution in [3.8, 4) is 0 Å². The van der Waals surface area contributed by atoms with Gasteiger partial charge in [0.1, 0.15) is 5.82 Å². The van der Waals surface area contributed by atoms with Gasteiger partial charge in [0.15, 0.2) is 5.78 Å². The minimum atomic E-state index is 0.181. The van der Waals surface area contributed by atoms with E-state index in [0.29, 0.717) is 6.42 Å². The van der Waals surface area contributed by atoms with Gasteiger partial charge in [-0.15, -0.1) is 0 Å². The van der Waals surface area contributed by atoms with Gasteiger partial charge in [-0.25, -0.2) is 4.98 Å². The van der Waals surface area contributed by atoms with Crippen LogP contribution in [0.5, 0.6) is 0 Å². The predicted octanol–water partition coefficient (Wildman–Crippen LogP) is 2.37. The molecule has 1 aromatic heterocycles. The highest BCUT2D eigenvalue weighted by Gasteiger charge is 2.11. The SMILES string of the molecule is C/C=C(/CC)C(=O)Cc1nccn1CC. The summed E-state index contributed by atoms with van der Waals surface area (Å²) < 4.78 is 2.00. The van der Waals surface area contributed by atoms with Gasteiger partial charge in [0.25, 0.3) is 0 Å². The van der Waals surface area contributed by atoms with Crippen molar-refractivity contribution in [3.05, 3.63) is 29.9 Å². The Bertz CT molecular complexity index is 363. The number of carbonyl (C=O) groups is 1. The molecule has 0 aromatic carbocycles. The van der Waals surface area contributed by atoms with E-state index in [1.165, 1.54) is 0 Å². The molecule has 0 amide bonds. The number of nitrogens with zero attached hydrogens (tertiary/aromatic N) is 2. The van der Waals surface area contributed by atoms with Crippen LogP contribution in [0.15, 0.2) is 24.0 Å². The van der Waals surface area contributed by atoms with Crippen LogP contribution >= 0.6 is 0 Å². The largest absolute Gasteiger partial charge is 0.335 e. The number of hydrogen-bond donors (Lipinski definition) is 0. The van der Waals surface area contributed by atoms with Crippen LogP contribution in [0, 0.1) is 0 Å². The molecule has 3 heteroatoms. The summed E-state index contributed by atoms with van der Waals surface area (Å²) in [5.74, 6) is 1.04. The summed E-state index contributed by atoms with van der Waals surface area (Å²) in [6.45, 7) is 6.81. The van der Waals surface area contributed by atoms with Gasteiger partial charge in [0.2, 0.25) is 0 Å². The number of ketones is 1. The third kappa shape index (κ3) is 2.78. The summed E-state index contributed by atoms with van der Waals surface area (Å²) in [6, 6.07) is 0. The van der Waals surface area contributed by atoms with Crippen molar-refractivity contribution in [3.63, 3.8) is 0 Å². The maximum Gasteiger partial charge on any atom is 0.166 e.